The van der Waals surface area contributed by atoms with Crippen LogP contribution in [0.5, 0.6) is 0 Å². The number of hydrogen-bond donors (Lipinski definition) is 0. The van der Waals surface area contributed by atoms with Crippen LogP contribution < -0.4 is 4.90 Å². The molecule has 0 N–H and O–H groups in total. The Morgan fingerprint density at radius 3 is 2.40 bits per heavy atom. The molecule has 1 aliphatic heterocycles. The first-order valence-corrected chi connectivity index (χ1v) is 7.94. The maximum absolute atomic E-state index is 4.45. The molecule has 3 heterocycles. The lowest BCUT2D eigenvalue weighted by atomic mass is 10.2. The Morgan fingerprint density at radius 2 is 1.80 bits per heavy atom. The average Bonchev–Trinajstić information content (AvgIpc) is 2.91. The van der Waals surface area contributed by atoms with Crippen LogP contribution in [0.1, 0.15) is 17.1 Å². The molecule has 1 saturated heterocycles. The van der Waals surface area contributed by atoms with Crippen molar-refractivity contribution in [2.45, 2.75) is 20.4 Å². The highest BCUT2D eigenvalue weighted by Crippen LogP contribution is 2.19. The Labute approximate surface area is 124 Å². The van der Waals surface area contributed by atoms with E-state index in [1.807, 2.05) is 5.51 Å². The third kappa shape index (κ3) is 3.16. The van der Waals surface area contributed by atoms with Crippen molar-refractivity contribution in [1.29, 1.82) is 0 Å². The first-order valence-electron chi connectivity index (χ1n) is 7.00. The van der Waals surface area contributed by atoms with E-state index in [2.05, 4.69) is 51.1 Å². The number of hydrogen-bond acceptors (Lipinski definition) is 5. The minimum atomic E-state index is 0.978. The Kier molecular flexibility index (Phi) is 3.98. The van der Waals surface area contributed by atoms with E-state index in [1.165, 1.54) is 11.4 Å². The Morgan fingerprint density at radius 1 is 1.10 bits per heavy atom. The van der Waals surface area contributed by atoms with Crippen molar-refractivity contribution in [3.63, 3.8) is 0 Å². The summed E-state index contributed by atoms with van der Waals surface area (Å²) in [4.78, 5) is 13.8. The fourth-order valence-electron chi connectivity index (χ4n) is 2.70. The van der Waals surface area contributed by atoms with Gasteiger partial charge in [0.05, 0.1) is 11.2 Å². The molecule has 2 aromatic rings. The van der Waals surface area contributed by atoms with Crippen molar-refractivity contribution in [1.82, 2.24) is 14.9 Å². The standard InChI is InChI=1S/C15H20N4S/c1-12-7-15(8-13(2)17-12)19-5-3-18(4-6-19)9-14-10-20-11-16-14/h7-8,10-11H,3-6,9H2,1-2H3. The SMILES string of the molecule is Cc1cc(N2CCN(Cc3cscn3)CC2)cc(C)n1. The molecule has 1 fully saturated rings. The molecule has 0 aliphatic carbocycles. The molecule has 0 aromatic carbocycles. The highest BCUT2D eigenvalue weighted by atomic mass is 32.1. The Hall–Kier alpha value is -1.46. The smallest absolute Gasteiger partial charge is 0.0795 e. The van der Waals surface area contributed by atoms with Gasteiger partial charge in [-0.15, -0.1) is 11.3 Å². The summed E-state index contributed by atoms with van der Waals surface area (Å²) in [6.07, 6.45) is 0. The third-order valence-corrected chi connectivity index (χ3v) is 4.31. The van der Waals surface area contributed by atoms with Gasteiger partial charge in [0.25, 0.3) is 0 Å². The van der Waals surface area contributed by atoms with Crippen LogP contribution in [0.3, 0.4) is 0 Å². The zero-order valence-electron chi connectivity index (χ0n) is 12.0. The van der Waals surface area contributed by atoms with Gasteiger partial charge < -0.3 is 4.90 Å². The van der Waals surface area contributed by atoms with Gasteiger partial charge in [-0.3, -0.25) is 9.88 Å². The molecular weight excluding hydrogens is 268 g/mol. The number of aromatic nitrogens is 2. The van der Waals surface area contributed by atoms with Crippen LogP contribution in [-0.2, 0) is 6.54 Å². The van der Waals surface area contributed by atoms with Gasteiger partial charge in [0.1, 0.15) is 0 Å². The van der Waals surface area contributed by atoms with Crippen LogP contribution in [0.4, 0.5) is 5.69 Å². The molecule has 0 unspecified atom stereocenters. The second-order valence-corrected chi connectivity index (χ2v) is 6.07. The number of anilines is 1. The molecule has 0 atom stereocenters. The quantitative estimate of drug-likeness (QED) is 0.868. The summed E-state index contributed by atoms with van der Waals surface area (Å²) in [5.74, 6) is 0. The second kappa shape index (κ2) is 5.89. The number of pyridine rings is 1. The predicted molar refractivity (Wildman–Crippen MR) is 83.3 cm³/mol. The van der Waals surface area contributed by atoms with E-state index >= 15 is 0 Å². The van der Waals surface area contributed by atoms with Crippen molar-refractivity contribution < 1.29 is 0 Å². The second-order valence-electron chi connectivity index (χ2n) is 5.35. The van der Waals surface area contributed by atoms with Crippen LogP contribution in [0.15, 0.2) is 23.0 Å². The van der Waals surface area contributed by atoms with E-state index in [1.54, 1.807) is 11.3 Å². The number of thiazole rings is 1. The van der Waals surface area contributed by atoms with E-state index < -0.39 is 0 Å². The number of nitrogens with zero attached hydrogens (tertiary/aromatic N) is 4. The summed E-state index contributed by atoms with van der Waals surface area (Å²) in [6, 6.07) is 4.37. The molecule has 3 rings (SSSR count). The minimum absolute atomic E-state index is 0.978. The molecule has 5 heteroatoms. The molecule has 0 saturated carbocycles. The lowest BCUT2D eigenvalue weighted by Gasteiger charge is -2.36. The van der Waals surface area contributed by atoms with E-state index in [4.69, 9.17) is 0 Å². The number of piperazine rings is 1. The van der Waals surface area contributed by atoms with E-state index in [9.17, 15) is 0 Å². The summed E-state index contributed by atoms with van der Waals surface area (Å²) < 4.78 is 0. The normalized spacial score (nSPS) is 16.6. The van der Waals surface area contributed by atoms with E-state index in [-0.39, 0.29) is 0 Å². The van der Waals surface area contributed by atoms with Crippen molar-refractivity contribution in [3.05, 3.63) is 40.1 Å². The van der Waals surface area contributed by atoms with Crippen LogP contribution >= 0.6 is 11.3 Å². The van der Waals surface area contributed by atoms with Crippen LogP contribution in [0, 0.1) is 13.8 Å². The predicted octanol–water partition coefficient (Wildman–Crippen LogP) is 2.48. The Balaban J connectivity index is 1.60. The molecule has 0 spiro atoms. The Bertz CT molecular complexity index is 539. The lowest BCUT2D eigenvalue weighted by Crippen LogP contribution is -2.46. The number of rotatable bonds is 3. The minimum Gasteiger partial charge on any atom is -0.369 e. The van der Waals surface area contributed by atoms with Crippen molar-refractivity contribution >= 4 is 17.0 Å². The molecule has 106 valence electrons. The molecule has 20 heavy (non-hydrogen) atoms. The first kappa shape index (κ1) is 13.5. The molecule has 0 radical (unpaired) electrons. The van der Waals surface area contributed by atoms with Gasteiger partial charge in [-0.2, -0.15) is 0 Å². The zero-order chi connectivity index (χ0) is 13.9. The monoisotopic (exact) mass is 288 g/mol. The highest BCUT2D eigenvalue weighted by molar-refractivity contribution is 7.07. The zero-order valence-corrected chi connectivity index (χ0v) is 12.9. The maximum Gasteiger partial charge on any atom is 0.0795 e. The molecule has 4 nitrogen and oxygen atoms in total. The molecule has 1 aliphatic rings. The van der Waals surface area contributed by atoms with E-state index in [0.717, 1.165) is 44.1 Å². The summed E-state index contributed by atoms with van der Waals surface area (Å²) in [6.45, 7) is 9.45. The van der Waals surface area contributed by atoms with Crippen LogP contribution in [0.2, 0.25) is 0 Å². The fourth-order valence-corrected chi connectivity index (χ4v) is 3.25. The maximum atomic E-state index is 4.45. The van der Waals surface area contributed by atoms with Gasteiger partial charge in [0.15, 0.2) is 0 Å². The average molecular weight is 288 g/mol. The topological polar surface area (TPSA) is 32.3 Å². The van der Waals surface area contributed by atoms with Gasteiger partial charge in [-0.05, 0) is 26.0 Å². The molecule has 0 amide bonds. The summed E-state index contributed by atoms with van der Waals surface area (Å²) in [5, 5.41) is 2.14. The third-order valence-electron chi connectivity index (χ3n) is 3.67. The van der Waals surface area contributed by atoms with Gasteiger partial charge in [-0.1, -0.05) is 0 Å². The molecule has 0 bridgehead atoms. The van der Waals surface area contributed by atoms with Gasteiger partial charge in [-0.25, -0.2) is 4.98 Å². The largest absolute Gasteiger partial charge is 0.369 e. The summed E-state index contributed by atoms with van der Waals surface area (Å²) >= 11 is 1.67. The van der Waals surface area contributed by atoms with Crippen molar-refractivity contribution in [2.24, 2.45) is 0 Å². The van der Waals surface area contributed by atoms with Gasteiger partial charge in [0, 0.05) is 55.2 Å². The highest BCUT2D eigenvalue weighted by Gasteiger charge is 2.18. The first-order chi connectivity index (χ1) is 9.70. The lowest BCUT2D eigenvalue weighted by molar-refractivity contribution is 0.247. The van der Waals surface area contributed by atoms with Gasteiger partial charge >= 0.3 is 0 Å². The molecule has 2 aromatic heterocycles. The summed E-state index contributed by atoms with van der Waals surface area (Å²) in [5.41, 5.74) is 6.62. The number of aryl methyl sites for hydroxylation is 2. The van der Waals surface area contributed by atoms with Gasteiger partial charge in [0.2, 0.25) is 0 Å². The van der Waals surface area contributed by atoms with Crippen molar-refractivity contribution in [2.75, 3.05) is 31.1 Å². The summed E-state index contributed by atoms with van der Waals surface area (Å²) in [7, 11) is 0. The molecular formula is C15H20N4S. The van der Waals surface area contributed by atoms with E-state index in [0.29, 0.717) is 0 Å². The van der Waals surface area contributed by atoms with Crippen LogP contribution in [-0.4, -0.2) is 41.0 Å². The fraction of sp³-hybridized carbons (Fsp3) is 0.467. The van der Waals surface area contributed by atoms with Crippen molar-refractivity contribution in [3.8, 4) is 0 Å². The van der Waals surface area contributed by atoms with Crippen LogP contribution in [0.25, 0.3) is 0 Å².